The molecule has 2 aromatic heterocycles. The van der Waals surface area contributed by atoms with Crippen LogP contribution in [0.2, 0.25) is 0 Å². The predicted octanol–water partition coefficient (Wildman–Crippen LogP) is 2.73. The van der Waals surface area contributed by atoms with Crippen LogP contribution in [0.1, 0.15) is 62.7 Å². The van der Waals surface area contributed by atoms with Gasteiger partial charge in [0.25, 0.3) is 0 Å². The molecule has 0 bridgehead atoms. The molecule has 6 heteroatoms. The van der Waals surface area contributed by atoms with Crippen LogP contribution < -0.4 is 5.32 Å². The highest BCUT2D eigenvalue weighted by Gasteiger charge is 2.22. The minimum atomic E-state index is 0.479. The molecule has 0 aromatic carbocycles. The molecule has 2 heterocycles. The smallest absolute Gasteiger partial charge is 0.234 e. The number of nitrogens with one attached hydrogen (secondary N) is 1. The Bertz CT molecular complexity index is 538. The van der Waals surface area contributed by atoms with E-state index in [1.165, 1.54) is 32.1 Å². The normalized spacial score (nSPS) is 17.6. The van der Waals surface area contributed by atoms with Gasteiger partial charge in [0, 0.05) is 18.5 Å². The molecule has 1 fully saturated rings. The largest absolute Gasteiger partial charge is 0.308 e. The lowest BCUT2D eigenvalue weighted by Crippen LogP contribution is -2.21. The molecule has 0 spiro atoms. The van der Waals surface area contributed by atoms with E-state index in [4.69, 9.17) is 0 Å². The lowest BCUT2D eigenvalue weighted by atomic mass is 9.89. The average molecular weight is 279 g/mol. The first-order valence-corrected chi connectivity index (χ1v) is 8.00. The van der Waals surface area contributed by atoms with E-state index >= 15 is 0 Å². The van der Waals surface area contributed by atoms with Crippen LogP contribution in [-0.2, 0) is 6.54 Å². The van der Waals surface area contributed by atoms with E-state index in [0.29, 0.717) is 12.0 Å². The summed E-state index contributed by atoms with van der Waals surface area (Å²) in [5.41, 5.74) is 0. The zero-order valence-corrected chi connectivity index (χ0v) is 12.4. The minimum Gasteiger partial charge on any atom is -0.308 e. The highest BCUT2D eigenvalue weighted by molar-refractivity contribution is 7.16. The number of fused-ring (bicyclic) bond motifs is 1. The van der Waals surface area contributed by atoms with Crippen molar-refractivity contribution in [2.24, 2.45) is 0 Å². The van der Waals surface area contributed by atoms with Crippen molar-refractivity contribution < 1.29 is 0 Å². The van der Waals surface area contributed by atoms with E-state index < -0.39 is 0 Å². The van der Waals surface area contributed by atoms with Crippen LogP contribution in [0.25, 0.3) is 4.96 Å². The number of hydrogen-bond donors (Lipinski definition) is 1. The first-order chi connectivity index (χ1) is 9.24. The van der Waals surface area contributed by atoms with Gasteiger partial charge < -0.3 is 5.32 Å². The second-order valence-corrected chi connectivity index (χ2v) is 6.66. The van der Waals surface area contributed by atoms with Crippen LogP contribution in [0.3, 0.4) is 0 Å². The van der Waals surface area contributed by atoms with Crippen molar-refractivity contribution in [2.45, 2.75) is 64.5 Å². The van der Waals surface area contributed by atoms with E-state index in [1.807, 2.05) is 4.52 Å². The predicted molar refractivity (Wildman–Crippen MR) is 76.5 cm³/mol. The molecule has 0 radical (unpaired) electrons. The van der Waals surface area contributed by atoms with Gasteiger partial charge in [-0.3, -0.25) is 0 Å². The zero-order valence-electron chi connectivity index (χ0n) is 11.6. The quantitative estimate of drug-likeness (QED) is 0.935. The Morgan fingerprint density at radius 3 is 2.79 bits per heavy atom. The van der Waals surface area contributed by atoms with Crippen LogP contribution in [0.15, 0.2) is 0 Å². The molecular formula is C13H21N5S. The molecule has 3 rings (SSSR count). The van der Waals surface area contributed by atoms with E-state index in [2.05, 4.69) is 34.5 Å². The molecule has 104 valence electrons. The fourth-order valence-corrected chi connectivity index (χ4v) is 3.44. The van der Waals surface area contributed by atoms with E-state index in [-0.39, 0.29) is 0 Å². The Kier molecular flexibility index (Phi) is 3.79. The van der Waals surface area contributed by atoms with Gasteiger partial charge in [-0.2, -0.15) is 9.61 Å². The van der Waals surface area contributed by atoms with Gasteiger partial charge >= 0.3 is 0 Å². The molecule has 0 saturated heterocycles. The first kappa shape index (κ1) is 13.0. The van der Waals surface area contributed by atoms with E-state index in [1.54, 1.807) is 11.3 Å². The maximum Gasteiger partial charge on any atom is 0.234 e. The summed E-state index contributed by atoms with van der Waals surface area (Å²) < 4.78 is 1.97. The van der Waals surface area contributed by atoms with Gasteiger partial charge in [0.1, 0.15) is 5.01 Å². The fraction of sp³-hybridized carbons (Fsp3) is 0.769. The summed E-state index contributed by atoms with van der Waals surface area (Å²) in [5.74, 6) is 1.62. The summed E-state index contributed by atoms with van der Waals surface area (Å²) in [6.07, 6.45) is 6.45. The van der Waals surface area contributed by atoms with Gasteiger partial charge in [-0.25, -0.2) is 0 Å². The maximum atomic E-state index is 4.67. The van der Waals surface area contributed by atoms with Crippen LogP contribution in [0.4, 0.5) is 0 Å². The van der Waals surface area contributed by atoms with E-state index in [9.17, 15) is 0 Å². The third-order valence-electron chi connectivity index (χ3n) is 3.69. The van der Waals surface area contributed by atoms with E-state index in [0.717, 1.165) is 22.3 Å². The molecule has 0 aliphatic heterocycles. The Labute approximate surface area is 117 Å². The van der Waals surface area contributed by atoms with Gasteiger partial charge in [-0.1, -0.05) is 44.4 Å². The topological polar surface area (TPSA) is 55.1 Å². The second kappa shape index (κ2) is 5.54. The molecule has 1 saturated carbocycles. The van der Waals surface area contributed by atoms with Gasteiger partial charge in [-0.05, 0) is 12.8 Å². The Hall–Kier alpha value is -1.01. The lowest BCUT2D eigenvalue weighted by Gasteiger charge is -2.18. The first-order valence-electron chi connectivity index (χ1n) is 7.18. The van der Waals surface area contributed by atoms with Crippen molar-refractivity contribution >= 4 is 16.3 Å². The second-order valence-electron chi connectivity index (χ2n) is 5.62. The lowest BCUT2D eigenvalue weighted by molar-refractivity contribution is 0.422. The summed E-state index contributed by atoms with van der Waals surface area (Å²) >= 11 is 1.64. The Morgan fingerprint density at radius 1 is 1.26 bits per heavy atom. The summed E-state index contributed by atoms with van der Waals surface area (Å²) in [4.78, 5) is 0.932. The number of nitrogens with zero attached hydrogens (tertiary/aromatic N) is 4. The molecule has 1 aliphatic rings. The van der Waals surface area contributed by atoms with Crippen LogP contribution in [-0.4, -0.2) is 25.9 Å². The van der Waals surface area contributed by atoms with Crippen molar-refractivity contribution in [1.29, 1.82) is 0 Å². The monoisotopic (exact) mass is 279 g/mol. The third kappa shape index (κ3) is 2.79. The summed E-state index contributed by atoms with van der Waals surface area (Å²) in [5, 5.41) is 17.8. The summed E-state index contributed by atoms with van der Waals surface area (Å²) in [6, 6.07) is 0.479. The van der Waals surface area contributed by atoms with Crippen molar-refractivity contribution in [3.63, 3.8) is 0 Å². The molecule has 0 atom stereocenters. The molecular weight excluding hydrogens is 258 g/mol. The molecule has 5 nitrogen and oxygen atoms in total. The van der Waals surface area contributed by atoms with Gasteiger partial charge in [0.05, 0.1) is 0 Å². The molecule has 1 aliphatic carbocycles. The highest BCUT2D eigenvalue weighted by atomic mass is 32.1. The van der Waals surface area contributed by atoms with Crippen LogP contribution in [0, 0.1) is 0 Å². The standard InChI is InChI=1S/C13H21N5S/c1-9(2)14-8-11-17-18-12(15-16-13(18)19-11)10-6-4-3-5-7-10/h9-10,14H,3-8H2,1-2H3. The molecule has 2 aromatic rings. The van der Waals surface area contributed by atoms with Crippen molar-refractivity contribution in [3.8, 4) is 0 Å². The molecule has 19 heavy (non-hydrogen) atoms. The maximum absolute atomic E-state index is 4.67. The summed E-state index contributed by atoms with van der Waals surface area (Å²) in [6.45, 7) is 5.11. The molecule has 0 unspecified atom stereocenters. The van der Waals surface area contributed by atoms with Gasteiger partial charge in [-0.15, -0.1) is 10.2 Å². The average Bonchev–Trinajstić information content (AvgIpc) is 2.96. The Balaban J connectivity index is 1.81. The van der Waals surface area contributed by atoms with Crippen LogP contribution in [0.5, 0.6) is 0 Å². The minimum absolute atomic E-state index is 0.479. The number of aromatic nitrogens is 4. The van der Waals surface area contributed by atoms with Crippen LogP contribution >= 0.6 is 11.3 Å². The Morgan fingerprint density at radius 2 is 2.05 bits per heavy atom. The SMILES string of the molecule is CC(C)NCc1nn2c(C3CCCCC3)nnc2s1. The van der Waals surface area contributed by atoms with Crippen molar-refractivity contribution in [2.75, 3.05) is 0 Å². The van der Waals surface area contributed by atoms with Gasteiger partial charge in [0.15, 0.2) is 5.82 Å². The molecule has 0 amide bonds. The van der Waals surface area contributed by atoms with Crippen molar-refractivity contribution in [1.82, 2.24) is 25.1 Å². The molecule has 1 N–H and O–H groups in total. The number of hydrogen-bond acceptors (Lipinski definition) is 5. The summed E-state index contributed by atoms with van der Waals surface area (Å²) in [7, 11) is 0. The number of rotatable bonds is 4. The zero-order chi connectivity index (χ0) is 13.2. The fourth-order valence-electron chi connectivity index (χ4n) is 2.65. The van der Waals surface area contributed by atoms with Crippen molar-refractivity contribution in [3.05, 3.63) is 10.8 Å². The highest BCUT2D eigenvalue weighted by Crippen LogP contribution is 2.32. The third-order valence-corrected chi connectivity index (χ3v) is 4.59. The van der Waals surface area contributed by atoms with Gasteiger partial charge in [0.2, 0.25) is 4.96 Å².